The maximum absolute atomic E-state index is 13.5. The van der Waals surface area contributed by atoms with Crippen LogP contribution in [0.15, 0.2) is 24.3 Å². The van der Waals surface area contributed by atoms with E-state index in [4.69, 9.17) is 10.8 Å². The Morgan fingerprint density at radius 1 is 0.767 bits per heavy atom. The van der Waals surface area contributed by atoms with Crippen LogP contribution in [-0.2, 0) is 35.2 Å². The summed E-state index contributed by atoms with van der Waals surface area (Å²) in [4.78, 5) is 75.2. The van der Waals surface area contributed by atoms with E-state index < -0.39 is 78.2 Å². The molecule has 0 saturated carbocycles. The van der Waals surface area contributed by atoms with Crippen molar-refractivity contribution in [3.8, 4) is 5.75 Å². The molecule has 0 aromatic heterocycles. The lowest BCUT2D eigenvalue weighted by Gasteiger charge is -2.28. The van der Waals surface area contributed by atoms with Gasteiger partial charge in [-0.1, -0.05) is 26.0 Å². The number of unbranched alkanes of at least 4 members (excludes halogenated alkanes) is 1. The van der Waals surface area contributed by atoms with E-state index in [0.717, 1.165) is 6.92 Å². The van der Waals surface area contributed by atoms with E-state index in [1.165, 1.54) is 31.2 Å². The molecule has 15 heteroatoms. The molecule has 15 nitrogen and oxygen atoms in total. The fourth-order valence-electron chi connectivity index (χ4n) is 3.98. The summed E-state index contributed by atoms with van der Waals surface area (Å²) in [5, 5.41) is 40.6. The summed E-state index contributed by atoms with van der Waals surface area (Å²) in [5.41, 5.74) is 6.09. The molecule has 0 saturated heterocycles. The Morgan fingerprint density at radius 3 is 1.84 bits per heavy atom. The Hall–Kier alpha value is -4.24. The zero-order chi connectivity index (χ0) is 32.7. The van der Waals surface area contributed by atoms with Crippen molar-refractivity contribution in [3.05, 3.63) is 29.8 Å². The number of benzene rings is 1. The maximum atomic E-state index is 13.5. The molecule has 0 spiro atoms. The quantitative estimate of drug-likeness (QED) is 0.0851. The monoisotopic (exact) mass is 608 g/mol. The van der Waals surface area contributed by atoms with E-state index in [9.17, 15) is 39.0 Å². The van der Waals surface area contributed by atoms with Gasteiger partial charge < -0.3 is 47.6 Å². The summed E-state index contributed by atoms with van der Waals surface area (Å²) >= 11 is 0. The van der Waals surface area contributed by atoms with Crippen LogP contribution in [0, 0.1) is 5.92 Å². The van der Waals surface area contributed by atoms with E-state index in [-0.39, 0.29) is 18.6 Å². The molecule has 0 heterocycles. The highest BCUT2D eigenvalue weighted by molar-refractivity contribution is 5.96. The van der Waals surface area contributed by atoms with Crippen molar-refractivity contribution >= 4 is 35.5 Å². The van der Waals surface area contributed by atoms with Gasteiger partial charge in [-0.05, 0) is 56.3 Å². The molecule has 5 unspecified atom stereocenters. The third-order valence-electron chi connectivity index (χ3n) is 6.44. The fraction of sp³-hybridized carbons (Fsp3) is 0.571. The minimum atomic E-state index is -1.34. The summed E-state index contributed by atoms with van der Waals surface area (Å²) in [5.74, 6) is -5.35. The first-order valence-electron chi connectivity index (χ1n) is 14.0. The van der Waals surface area contributed by atoms with Gasteiger partial charge in [0.05, 0.1) is 6.61 Å². The molecular formula is C28H44N6O9. The van der Waals surface area contributed by atoms with Gasteiger partial charge in [0.1, 0.15) is 36.0 Å². The minimum Gasteiger partial charge on any atom is -0.508 e. The van der Waals surface area contributed by atoms with Crippen molar-refractivity contribution in [3.63, 3.8) is 0 Å². The predicted molar refractivity (Wildman–Crippen MR) is 155 cm³/mol. The standard InChI is InChI=1S/C28H44N6O9/c1-15(2)23(27(41)32-20(7-5-6-12-29)24(38)30-16(3)28(42)43)34-25(39)21(13-18-8-10-19(37)11-9-18)33-26(40)22(14-35)31-17(4)36/h8-11,15-16,20-23,35,37H,5-7,12-14,29H2,1-4H3,(H,30,38)(H,31,36)(H,32,41)(H,33,40)(H,34,39)(H,42,43). The highest BCUT2D eigenvalue weighted by atomic mass is 16.4. The number of hydrogen-bond donors (Lipinski definition) is 9. The third kappa shape index (κ3) is 13.1. The van der Waals surface area contributed by atoms with E-state index in [1.807, 2.05) is 0 Å². The van der Waals surface area contributed by atoms with E-state index in [2.05, 4.69) is 26.6 Å². The molecule has 0 aliphatic heterocycles. The number of carboxylic acids is 1. The van der Waals surface area contributed by atoms with Crippen LogP contribution in [0.25, 0.3) is 0 Å². The van der Waals surface area contributed by atoms with Crippen LogP contribution < -0.4 is 32.3 Å². The minimum absolute atomic E-state index is 0.0147. The van der Waals surface area contributed by atoms with Crippen LogP contribution in [0.4, 0.5) is 0 Å². The number of phenolic OH excluding ortho intramolecular Hbond substituents is 1. The molecule has 0 bridgehead atoms. The van der Waals surface area contributed by atoms with Crippen LogP contribution in [0.5, 0.6) is 5.75 Å². The molecule has 5 atom stereocenters. The van der Waals surface area contributed by atoms with Crippen LogP contribution >= 0.6 is 0 Å². The summed E-state index contributed by atoms with van der Waals surface area (Å²) in [7, 11) is 0. The van der Waals surface area contributed by atoms with Crippen molar-refractivity contribution < 1.29 is 44.1 Å². The average molecular weight is 609 g/mol. The van der Waals surface area contributed by atoms with Gasteiger partial charge in [0.2, 0.25) is 29.5 Å². The molecule has 10 N–H and O–H groups in total. The van der Waals surface area contributed by atoms with Gasteiger partial charge in [0, 0.05) is 13.3 Å². The lowest BCUT2D eigenvalue weighted by Crippen LogP contribution is -2.60. The van der Waals surface area contributed by atoms with Gasteiger partial charge in [-0.3, -0.25) is 28.8 Å². The maximum Gasteiger partial charge on any atom is 0.325 e. The summed E-state index contributed by atoms with van der Waals surface area (Å²) in [6.07, 6.45) is 1.13. The van der Waals surface area contributed by atoms with E-state index in [1.54, 1.807) is 13.8 Å². The molecule has 43 heavy (non-hydrogen) atoms. The number of aliphatic hydroxyl groups is 1. The third-order valence-corrected chi connectivity index (χ3v) is 6.44. The number of amides is 5. The second-order valence-electron chi connectivity index (χ2n) is 10.5. The molecule has 5 amide bonds. The topological polar surface area (TPSA) is 249 Å². The van der Waals surface area contributed by atoms with E-state index in [0.29, 0.717) is 24.9 Å². The van der Waals surface area contributed by atoms with Crippen LogP contribution in [0.3, 0.4) is 0 Å². The number of rotatable bonds is 18. The summed E-state index contributed by atoms with van der Waals surface area (Å²) in [6, 6.07) is -0.218. The molecule has 0 aliphatic carbocycles. The Balaban J connectivity index is 3.20. The number of phenols is 1. The van der Waals surface area contributed by atoms with Gasteiger partial charge in [-0.25, -0.2) is 0 Å². The van der Waals surface area contributed by atoms with Crippen LogP contribution in [0.1, 0.15) is 52.5 Å². The summed E-state index contributed by atoms with van der Waals surface area (Å²) in [6.45, 7) is 5.38. The van der Waals surface area contributed by atoms with Crippen molar-refractivity contribution in [2.45, 2.75) is 83.6 Å². The number of nitrogens with one attached hydrogen (secondary N) is 5. The largest absolute Gasteiger partial charge is 0.508 e. The number of carbonyl (C=O) groups is 6. The zero-order valence-electron chi connectivity index (χ0n) is 24.9. The molecule has 240 valence electrons. The van der Waals surface area contributed by atoms with E-state index >= 15 is 0 Å². The normalized spacial score (nSPS) is 14.4. The number of aromatic hydroxyl groups is 1. The van der Waals surface area contributed by atoms with Crippen molar-refractivity contribution in [2.24, 2.45) is 11.7 Å². The molecule has 0 radical (unpaired) electrons. The van der Waals surface area contributed by atoms with Gasteiger partial charge in [-0.2, -0.15) is 0 Å². The van der Waals surface area contributed by atoms with Crippen LogP contribution in [-0.4, -0.2) is 94.2 Å². The number of carboxylic acid groups (broad SMARTS) is 1. The Kier molecular flexibility index (Phi) is 15.7. The Morgan fingerprint density at radius 2 is 1.33 bits per heavy atom. The number of nitrogens with two attached hydrogens (primary N) is 1. The van der Waals surface area contributed by atoms with Crippen molar-refractivity contribution in [1.82, 2.24) is 26.6 Å². The zero-order valence-corrected chi connectivity index (χ0v) is 24.9. The first kappa shape index (κ1) is 36.8. The summed E-state index contributed by atoms with van der Waals surface area (Å²) < 4.78 is 0. The molecule has 0 fully saturated rings. The SMILES string of the molecule is CC(=O)NC(CO)C(=O)NC(Cc1ccc(O)cc1)C(=O)NC(C(=O)NC(CCCCN)C(=O)NC(C)C(=O)O)C(C)C. The Bertz CT molecular complexity index is 1110. The van der Waals surface area contributed by atoms with Gasteiger partial charge in [0.25, 0.3) is 0 Å². The number of carbonyl (C=O) groups excluding carboxylic acids is 5. The number of hydrogen-bond acceptors (Lipinski definition) is 9. The number of aliphatic carboxylic acids is 1. The number of aliphatic hydroxyl groups excluding tert-OH is 1. The highest BCUT2D eigenvalue weighted by Crippen LogP contribution is 2.13. The first-order chi connectivity index (χ1) is 20.2. The van der Waals surface area contributed by atoms with Crippen LogP contribution in [0.2, 0.25) is 0 Å². The lowest BCUT2D eigenvalue weighted by molar-refractivity contribution is -0.142. The van der Waals surface area contributed by atoms with Crippen molar-refractivity contribution in [2.75, 3.05) is 13.2 Å². The molecule has 1 aromatic rings. The molecule has 1 rings (SSSR count). The smallest absolute Gasteiger partial charge is 0.325 e. The van der Waals surface area contributed by atoms with Gasteiger partial charge in [-0.15, -0.1) is 0 Å². The van der Waals surface area contributed by atoms with Crippen molar-refractivity contribution in [1.29, 1.82) is 0 Å². The molecule has 1 aromatic carbocycles. The lowest BCUT2D eigenvalue weighted by atomic mass is 9.99. The predicted octanol–water partition coefficient (Wildman–Crippen LogP) is -1.74. The molecular weight excluding hydrogens is 564 g/mol. The highest BCUT2D eigenvalue weighted by Gasteiger charge is 2.33. The fourth-order valence-corrected chi connectivity index (χ4v) is 3.98. The average Bonchev–Trinajstić information content (AvgIpc) is 2.94. The van der Waals surface area contributed by atoms with Gasteiger partial charge in [0.15, 0.2) is 0 Å². The first-order valence-corrected chi connectivity index (χ1v) is 14.0. The van der Waals surface area contributed by atoms with Gasteiger partial charge >= 0.3 is 5.97 Å². The Labute approximate surface area is 250 Å². The molecule has 0 aliphatic rings. The second kappa shape index (κ2) is 18.3. The second-order valence-corrected chi connectivity index (χ2v) is 10.5.